The van der Waals surface area contributed by atoms with E-state index in [1.807, 2.05) is 0 Å². The second-order valence-electron chi connectivity index (χ2n) is 5.14. The molecule has 0 aliphatic heterocycles. The molecular formula is C15H22N2. The summed E-state index contributed by atoms with van der Waals surface area (Å²) in [4.78, 5) is 0. The van der Waals surface area contributed by atoms with Crippen molar-refractivity contribution in [2.75, 3.05) is 6.54 Å². The van der Waals surface area contributed by atoms with Crippen LogP contribution < -0.4 is 5.32 Å². The number of nitrogens with zero attached hydrogens (tertiary/aromatic N) is 1. The molecule has 2 nitrogen and oxygen atoms in total. The van der Waals surface area contributed by atoms with Crippen LogP contribution in [0.1, 0.15) is 25.0 Å². The molecule has 0 radical (unpaired) electrons. The molecule has 0 atom stereocenters. The number of hydrogen-bond acceptors (Lipinski definition) is 1. The molecule has 2 aromatic rings. The largest absolute Gasteiger partial charge is 0.350 e. The van der Waals surface area contributed by atoms with Gasteiger partial charge in [0.1, 0.15) is 0 Å². The van der Waals surface area contributed by atoms with Gasteiger partial charge in [-0.2, -0.15) is 0 Å². The van der Waals surface area contributed by atoms with E-state index in [9.17, 15) is 0 Å². The Hall–Kier alpha value is -1.28. The summed E-state index contributed by atoms with van der Waals surface area (Å²) in [6.45, 7) is 7.58. The first-order valence-corrected chi connectivity index (χ1v) is 6.36. The van der Waals surface area contributed by atoms with E-state index in [2.05, 4.69) is 62.1 Å². The van der Waals surface area contributed by atoms with Crippen LogP contribution in [0.4, 0.5) is 0 Å². The van der Waals surface area contributed by atoms with Gasteiger partial charge < -0.3 is 9.88 Å². The highest BCUT2D eigenvalue weighted by molar-refractivity contribution is 5.84. The minimum Gasteiger partial charge on any atom is -0.350 e. The maximum absolute atomic E-state index is 3.47. The Labute approximate surface area is 104 Å². The fourth-order valence-electron chi connectivity index (χ4n) is 2.28. The van der Waals surface area contributed by atoms with E-state index >= 15 is 0 Å². The highest BCUT2D eigenvalue weighted by Crippen LogP contribution is 2.22. The van der Waals surface area contributed by atoms with Gasteiger partial charge in [0.25, 0.3) is 0 Å². The lowest BCUT2D eigenvalue weighted by Gasteiger charge is -2.07. The molecule has 0 fully saturated rings. The Balaban J connectivity index is 2.24. The van der Waals surface area contributed by atoms with Crippen molar-refractivity contribution in [2.45, 2.75) is 33.2 Å². The normalized spacial score (nSPS) is 11.6. The number of rotatable bonds is 4. The lowest BCUT2D eigenvalue weighted by Crippen LogP contribution is -2.24. The average Bonchev–Trinajstić information content (AvgIpc) is 2.55. The second kappa shape index (κ2) is 4.92. The predicted octanol–water partition coefficient (Wildman–Crippen LogP) is 3.03. The van der Waals surface area contributed by atoms with E-state index in [4.69, 9.17) is 0 Å². The lowest BCUT2D eigenvalue weighted by atomic mass is 10.1. The Kier molecular flexibility index (Phi) is 3.53. The van der Waals surface area contributed by atoms with Crippen LogP contribution in [0.25, 0.3) is 10.9 Å². The molecule has 1 heterocycles. The van der Waals surface area contributed by atoms with Gasteiger partial charge in [-0.3, -0.25) is 0 Å². The third-order valence-electron chi connectivity index (χ3n) is 3.17. The molecule has 2 heteroatoms. The van der Waals surface area contributed by atoms with Gasteiger partial charge in [0.05, 0.1) is 0 Å². The fourth-order valence-corrected chi connectivity index (χ4v) is 2.28. The molecule has 1 aromatic carbocycles. The van der Waals surface area contributed by atoms with Crippen molar-refractivity contribution in [1.29, 1.82) is 0 Å². The Bertz CT molecular complexity index is 509. The van der Waals surface area contributed by atoms with Gasteiger partial charge in [0.15, 0.2) is 0 Å². The van der Waals surface area contributed by atoms with Crippen molar-refractivity contribution in [3.63, 3.8) is 0 Å². The quantitative estimate of drug-likeness (QED) is 0.854. The van der Waals surface area contributed by atoms with Crippen LogP contribution in [0.3, 0.4) is 0 Å². The molecular weight excluding hydrogens is 208 g/mol. The molecule has 0 saturated carbocycles. The molecule has 17 heavy (non-hydrogen) atoms. The van der Waals surface area contributed by atoms with Crippen LogP contribution in [0.2, 0.25) is 0 Å². The summed E-state index contributed by atoms with van der Waals surface area (Å²) < 4.78 is 2.22. The smallest absolute Gasteiger partial charge is 0.0480 e. The fraction of sp³-hybridized carbons (Fsp3) is 0.467. The maximum Gasteiger partial charge on any atom is 0.0480 e. The Morgan fingerprint density at radius 3 is 2.76 bits per heavy atom. The van der Waals surface area contributed by atoms with Crippen LogP contribution in [0, 0.1) is 6.92 Å². The molecule has 0 unspecified atom stereocenters. The number of nitrogens with one attached hydrogen (secondary N) is 1. The lowest BCUT2D eigenvalue weighted by molar-refractivity contribution is 0.591. The van der Waals surface area contributed by atoms with E-state index in [1.165, 1.54) is 22.0 Å². The first kappa shape index (κ1) is 12.2. The number of fused-ring (bicyclic) bond motifs is 1. The van der Waals surface area contributed by atoms with Gasteiger partial charge in [-0.25, -0.2) is 0 Å². The molecule has 0 saturated heterocycles. The van der Waals surface area contributed by atoms with E-state index in [1.54, 1.807) is 0 Å². The zero-order valence-corrected chi connectivity index (χ0v) is 11.2. The second-order valence-corrected chi connectivity index (χ2v) is 5.14. The number of benzene rings is 1. The molecule has 0 spiro atoms. The summed E-state index contributed by atoms with van der Waals surface area (Å²) >= 11 is 0. The standard InChI is InChI=1S/C15H22N2/c1-11(2)16-8-7-13-10-17(4)15-6-5-12(3)9-14(13)15/h5-6,9-11,16H,7-8H2,1-4H3. The van der Waals surface area contributed by atoms with E-state index < -0.39 is 0 Å². The topological polar surface area (TPSA) is 17.0 Å². The minimum absolute atomic E-state index is 0.562. The van der Waals surface area contributed by atoms with Gasteiger partial charge in [0, 0.05) is 30.2 Å². The van der Waals surface area contributed by atoms with Crippen molar-refractivity contribution >= 4 is 10.9 Å². The molecule has 2 rings (SSSR count). The summed E-state index contributed by atoms with van der Waals surface area (Å²) in [6, 6.07) is 7.24. The highest BCUT2D eigenvalue weighted by Gasteiger charge is 2.06. The van der Waals surface area contributed by atoms with Crippen LogP contribution in [-0.2, 0) is 13.5 Å². The van der Waals surface area contributed by atoms with Gasteiger partial charge in [-0.1, -0.05) is 25.5 Å². The van der Waals surface area contributed by atoms with Crippen molar-refractivity contribution < 1.29 is 0 Å². The highest BCUT2D eigenvalue weighted by atomic mass is 14.9. The van der Waals surface area contributed by atoms with Crippen LogP contribution in [-0.4, -0.2) is 17.2 Å². The van der Waals surface area contributed by atoms with Crippen molar-refractivity contribution in [3.8, 4) is 0 Å². The zero-order valence-electron chi connectivity index (χ0n) is 11.2. The SMILES string of the molecule is Cc1ccc2c(c1)c(CCNC(C)C)cn2C. The molecule has 1 aromatic heterocycles. The molecule has 0 aliphatic carbocycles. The third kappa shape index (κ3) is 2.70. The summed E-state index contributed by atoms with van der Waals surface area (Å²) in [5.74, 6) is 0. The third-order valence-corrected chi connectivity index (χ3v) is 3.17. The van der Waals surface area contributed by atoms with Crippen molar-refractivity contribution in [1.82, 2.24) is 9.88 Å². The van der Waals surface area contributed by atoms with Gasteiger partial charge >= 0.3 is 0 Å². The summed E-state index contributed by atoms with van der Waals surface area (Å²) in [6.07, 6.45) is 3.35. The molecule has 1 N–H and O–H groups in total. The molecule has 92 valence electrons. The van der Waals surface area contributed by atoms with E-state index in [-0.39, 0.29) is 0 Å². The molecule has 0 aliphatic rings. The van der Waals surface area contributed by atoms with Crippen LogP contribution in [0.5, 0.6) is 0 Å². The molecule has 0 bridgehead atoms. The van der Waals surface area contributed by atoms with E-state index in [0.29, 0.717) is 6.04 Å². The van der Waals surface area contributed by atoms with Crippen molar-refractivity contribution in [2.24, 2.45) is 7.05 Å². The monoisotopic (exact) mass is 230 g/mol. The van der Waals surface area contributed by atoms with Crippen LogP contribution in [0.15, 0.2) is 24.4 Å². The van der Waals surface area contributed by atoms with Gasteiger partial charge in [-0.15, -0.1) is 0 Å². The first-order chi connectivity index (χ1) is 8.08. The average molecular weight is 230 g/mol. The number of aryl methyl sites for hydroxylation is 2. The summed E-state index contributed by atoms with van der Waals surface area (Å²) in [5.41, 5.74) is 4.11. The van der Waals surface area contributed by atoms with E-state index in [0.717, 1.165) is 13.0 Å². The number of aromatic nitrogens is 1. The minimum atomic E-state index is 0.562. The first-order valence-electron chi connectivity index (χ1n) is 6.36. The maximum atomic E-state index is 3.47. The van der Waals surface area contributed by atoms with Crippen LogP contribution >= 0.6 is 0 Å². The number of hydrogen-bond donors (Lipinski definition) is 1. The summed E-state index contributed by atoms with van der Waals surface area (Å²) in [7, 11) is 2.12. The van der Waals surface area contributed by atoms with Crippen molar-refractivity contribution in [3.05, 3.63) is 35.5 Å². The Morgan fingerprint density at radius 1 is 1.29 bits per heavy atom. The van der Waals surface area contributed by atoms with Gasteiger partial charge in [-0.05, 0) is 37.6 Å². The van der Waals surface area contributed by atoms with Gasteiger partial charge in [0.2, 0.25) is 0 Å². The Morgan fingerprint density at radius 2 is 2.06 bits per heavy atom. The predicted molar refractivity (Wildman–Crippen MR) is 74.5 cm³/mol. The molecule has 0 amide bonds. The zero-order chi connectivity index (χ0) is 12.4. The summed E-state index contributed by atoms with van der Waals surface area (Å²) in [5, 5.41) is 4.87.